The van der Waals surface area contributed by atoms with Crippen LogP contribution in [-0.2, 0) is 0 Å². The van der Waals surface area contributed by atoms with Crippen molar-refractivity contribution >= 4 is 5.91 Å². The number of unbranched alkanes of at least 4 members (excludes halogenated alkanes) is 1. The lowest BCUT2D eigenvalue weighted by Crippen LogP contribution is -2.36. The van der Waals surface area contributed by atoms with E-state index in [2.05, 4.69) is 6.92 Å². The van der Waals surface area contributed by atoms with Crippen molar-refractivity contribution in [1.29, 1.82) is 0 Å². The highest BCUT2D eigenvalue weighted by atomic mass is 16.3. The molecule has 0 radical (unpaired) electrons. The molecular formula is C12H20N2O2. The van der Waals surface area contributed by atoms with E-state index in [1.807, 2.05) is 0 Å². The molecule has 90 valence electrons. The average molecular weight is 224 g/mol. The molecule has 0 aromatic carbocycles. The SMILES string of the molecule is CCCCN(CCN)C(=O)c1ccoc1C. The zero-order valence-corrected chi connectivity index (χ0v) is 10.0. The first-order valence-electron chi connectivity index (χ1n) is 5.74. The minimum absolute atomic E-state index is 0.0187. The molecule has 0 bridgehead atoms. The number of furan rings is 1. The van der Waals surface area contributed by atoms with Gasteiger partial charge in [-0.3, -0.25) is 4.79 Å². The summed E-state index contributed by atoms with van der Waals surface area (Å²) in [5.74, 6) is 0.689. The van der Waals surface area contributed by atoms with Gasteiger partial charge in [-0.15, -0.1) is 0 Å². The Morgan fingerprint density at radius 2 is 2.25 bits per heavy atom. The highest BCUT2D eigenvalue weighted by Gasteiger charge is 2.17. The molecule has 0 atom stereocenters. The van der Waals surface area contributed by atoms with Gasteiger partial charge >= 0.3 is 0 Å². The Hall–Kier alpha value is -1.29. The molecule has 1 aromatic heterocycles. The third-order valence-corrected chi connectivity index (χ3v) is 2.56. The van der Waals surface area contributed by atoms with E-state index in [0.29, 0.717) is 24.4 Å². The highest BCUT2D eigenvalue weighted by molar-refractivity contribution is 5.95. The quantitative estimate of drug-likeness (QED) is 0.801. The Labute approximate surface area is 96.4 Å². The van der Waals surface area contributed by atoms with Crippen LogP contribution in [0.1, 0.15) is 35.9 Å². The first-order valence-corrected chi connectivity index (χ1v) is 5.74. The second-order valence-electron chi connectivity index (χ2n) is 3.82. The van der Waals surface area contributed by atoms with Gasteiger partial charge in [-0.05, 0) is 19.4 Å². The zero-order chi connectivity index (χ0) is 12.0. The molecule has 2 N–H and O–H groups in total. The summed E-state index contributed by atoms with van der Waals surface area (Å²) in [7, 11) is 0. The number of carbonyl (C=O) groups excluding carboxylic acids is 1. The van der Waals surface area contributed by atoms with E-state index in [9.17, 15) is 4.79 Å². The lowest BCUT2D eigenvalue weighted by molar-refractivity contribution is 0.0756. The Morgan fingerprint density at radius 1 is 1.50 bits per heavy atom. The second kappa shape index (κ2) is 6.33. The molecule has 0 aliphatic carbocycles. The smallest absolute Gasteiger partial charge is 0.257 e. The van der Waals surface area contributed by atoms with Crippen LogP contribution in [0.15, 0.2) is 16.7 Å². The molecule has 1 heterocycles. The van der Waals surface area contributed by atoms with Crippen molar-refractivity contribution in [3.8, 4) is 0 Å². The van der Waals surface area contributed by atoms with E-state index in [-0.39, 0.29) is 5.91 Å². The first kappa shape index (κ1) is 12.8. The van der Waals surface area contributed by atoms with E-state index in [1.165, 1.54) is 0 Å². The van der Waals surface area contributed by atoms with Crippen molar-refractivity contribution in [3.05, 3.63) is 23.7 Å². The number of hydrogen-bond donors (Lipinski definition) is 1. The third-order valence-electron chi connectivity index (χ3n) is 2.56. The number of aryl methyl sites for hydroxylation is 1. The minimum atomic E-state index is 0.0187. The molecule has 1 aromatic rings. The molecule has 1 rings (SSSR count). The van der Waals surface area contributed by atoms with Gasteiger partial charge in [0.25, 0.3) is 5.91 Å². The molecule has 0 fully saturated rings. The number of amides is 1. The van der Waals surface area contributed by atoms with E-state index in [0.717, 1.165) is 19.4 Å². The van der Waals surface area contributed by atoms with Crippen molar-refractivity contribution in [1.82, 2.24) is 4.90 Å². The van der Waals surface area contributed by atoms with E-state index in [4.69, 9.17) is 10.2 Å². The fourth-order valence-corrected chi connectivity index (χ4v) is 1.60. The van der Waals surface area contributed by atoms with Crippen molar-refractivity contribution in [2.45, 2.75) is 26.7 Å². The van der Waals surface area contributed by atoms with Crippen LogP contribution in [0.25, 0.3) is 0 Å². The maximum atomic E-state index is 12.1. The summed E-state index contributed by atoms with van der Waals surface area (Å²) in [6.07, 6.45) is 3.62. The number of carbonyl (C=O) groups is 1. The Kier molecular flexibility index (Phi) is 5.05. The summed E-state index contributed by atoms with van der Waals surface area (Å²) in [5, 5.41) is 0. The topological polar surface area (TPSA) is 59.5 Å². The van der Waals surface area contributed by atoms with Crippen LogP contribution in [0.3, 0.4) is 0 Å². The molecule has 0 aliphatic rings. The van der Waals surface area contributed by atoms with Gasteiger partial charge in [0, 0.05) is 19.6 Å². The Morgan fingerprint density at radius 3 is 2.75 bits per heavy atom. The number of nitrogens with two attached hydrogens (primary N) is 1. The van der Waals surface area contributed by atoms with Gasteiger partial charge in [-0.1, -0.05) is 13.3 Å². The summed E-state index contributed by atoms with van der Waals surface area (Å²) in [6, 6.07) is 1.72. The van der Waals surface area contributed by atoms with E-state index in [1.54, 1.807) is 24.2 Å². The molecule has 0 saturated heterocycles. The van der Waals surface area contributed by atoms with E-state index < -0.39 is 0 Å². The molecule has 16 heavy (non-hydrogen) atoms. The Balaban J connectivity index is 2.70. The van der Waals surface area contributed by atoms with Gasteiger partial charge < -0.3 is 15.1 Å². The summed E-state index contributed by atoms with van der Waals surface area (Å²) < 4.78 is 5.14. The van der Waals surface area contributed by atoms with Crippen molar-refractivity contribution < 1.29 is 9.21 Å². The lowest BCUT2D eigenvalue weighted by Gasteiger charge is -2.21. The third kappa shape index (κ3) is 3.10. The lowest BCUT2D eigenvalue weighted by atomic mass is 10.2. The van der Waals surface area contributed by atoms with Gasteiger partial charge in [0.15, 0.2) is 0 Å². The monoisotopic (exact) mass is 224 g/mol. The average Bonchev–Trinajstić information content (AvgIpc) is 2.69. The number of hydrogen-bond acceptors (Lipinski definition) is 3. The van der Waals surface area contributed by atoms with Crippen LogP contribution in [0.5, 0.6) is 0 Å². The van der Waals surface area contributed by atoms with Crippen LogP contribution >= 0.6 is 0 Å². The summed E-state index contributed by atoms with van der Waals surface area (Å²) >= 11 is 0. The van der Waals surface area contributed by atoms with Crippen molar-refractivity contribution in [2.75, 3.05) is 19.6 Å². The minimum Gasteiger partial charge on any atom is -0.469 e. The Bertz CT molecular complexity index is 334. The molecule has 0 unspecified atom stereocenters. The maximum Gasteiger partial charge on any atom is 0.257 e. The van der Waals surface area contributed by atoms with E-state index >= 15 is 0 Å². The van der Waals surface area contributed by atoms with Crippen LogP contribution in [0, 0.1) is 6.92 Å². The zero-order valence-electron chi connectivity index (χ0n) is 10.0. The van der Waals surface area contributed by atoms with Gasteiger partial charge in [0.05, 0.1) is 11.8 Å². The number of nitrogens with zero attached hydrogens (tertiary/aromatic N) is 1. The van der Waals surface area contributed by atoms with Gasteiger partial charge in [0.2, 0.25) is 0 Å². The normalized spacial score (nSPS) is 10.4. The largest absolute Gasteiger partial charge is 0.469 e. The van der Waals surface area contributed by atoms with Gasteiger partial charge in [0.1, 0.15) is 5.76 Å². The van der Waals surface area contributed by atoms with Crippen molar-refractivity contribution in [2.24, 2.45) is 5.73 Å². The molecule has 4 nitrogen and oxygen atoms in total. The first-order chi connectivity index (χ1) is 7.70. The predicted molar refractivity (Wildman–Crippen MR) is 63.3 cm³/mol. The van der Waals surface area contributed by atoms with Gasteiger partial charge in [-0.2, -0.15) is 0 Å². The summed E-state index contributed by atoms with van der Waals surface area (Å²) in [4.78, 5) is 13.9. The molecule has 4 heteroatoms. The fourth-order valence-electron chi connectivity index (χ4n) is 1.60. The van der Waals surface area contributed by atoms with Crippen LogP contribution < -0.4 is 5.73 Å². The van der Waals surface area contributed by atoms with Gasteiger partial charge in [-0.25, -0.2) is 0 Å². The molecule has 1 amide bonds. The van der Waals surface area contributed by atoms with Crippen molar-refractivity contribution in [3.63, 3.8) is 0 Å². The van der Waals surface area contributed by atoms with Crippen LogP contribution in [-0.4, -0.2) is 30.4 Å². The standard InChI is InChI=1S/C12H20N2O2/c1-3-4-7-14(8-6-13)12(15)11-5-9-16-10(11)2/h5,9H,3-4,6-8,13H2,1-2H3. The summed E-state index contributed by atoms with van der Waals surface area (Å²) in [6.45, 7) is 5.76. The van der Waals surface area contributed by atoms with Crippen LogP contribution in [0.2, 0.25) is 0 Å². The maximum absolute atomic E-state index is 12.1. The fraction of sp³-hybridized carbons (Fsp3) is 0.583. The van der Waals surface area contributed by atoms with Crippen LogP contribution in [0.4, 0.5) is 0 Å². The number of rotatable bonds is 6. The highest BCUT2D eigenvalue weighted by Crippen LogP contribution is 2.12. The predicted octanol–water partition coefficient (Wildman–Crippen LogP) is 1.79. The molecule has 0 spiro atoms. The second-order valence-corrected chi connectivity index (χ2v) is 3.82. The molecule has 0 saturated carbocycles. The summed E-state index contributed by atoms with van der Waals surface area (Å²) in [5.41, 5.74) is 6.16. The molecule has 0 aliphatic heterocycles. The molecular weight excluding hydrogens is 204 g/mol.